The fraction of sp³-hybridized carbons (Fsp3) is 0.409. The smallest absolute Gasteiger partial charge is 0.341 e. The van der Waals surface area contributed by atoms with Gasteiger partial charge in [-0.15, -0.1) is 11.3 Å². The molecular formula is C22H26N2O7S2. The first-order chi connectivity index (χ1) is 15.7. The zero-order valence-corrected chi connectivity index (χ0v) is 20.3. The molecule has 1 aliphatic rings. The van der Waals surface area contributed by atoms with E-state index in [0.717, 1.165) is 29.7 Å². The van der Waals surface area contributed by atoms with Crippen LogP contribution in [0.1, 0.15) is 51.4 Å². The molecule has 0 saturated carbocycles. The van der Waals surface area contributed by atoms with Gasteiger partial charge in [0.1, 0.15) is 5.00 Å². The number of thiophene rings is 1. The minimum absolute atomic E-state index is 0.0152. The second-order valence-electron chi connectivity index (χ2n) is 7.29. The van der Waals surface area contributed by atoms with E-state index < -0.39 is 34.5 Å². The van der Waals surface area contributed by atoms with Crippen LogP contribution >= 0.6 is 11.3 Å². The number of amides is 1. The molecule has 3 rings (SSSR count). The van der Waals surface area contributed by atoms with Crippen LogP contribution in [0.4, 0.5) is 5.00 Å². The van der Waals surface area contributed by atoms with Crippen LogP contribution in [-0.4, -0.2) is 57.4 Å². The second-order valence-corrected chi connectivity index (χ2v) is 10.3. The minimum Gasteiger partial charge on any atom is -0.465 e. The lowest BCUT2D eigenvalue weighted by Gasteiger charge is -2.18. The van der Waals surface area contributed by atoms with Gasteiger partial charge < -0.3 is 14.8 Å². The number of methoxy groups -OCH3 is 1. The topological polar surface area (TPSA) is 119 Å². The van der Waals surface area contributed by atoms with Crippen LogP contribution in [0.25, 0.3) is 0 Å². The van der Waals surface area contributed by atoms with E-state index >= 15 is 0 Å². The minimum atomic E-state index is -3.74. The third-order valence-corrected chi connectivity index (χ3v) is 8.56. The molecule has 0 bridgehead atoms. The molecule has 0 spiro atoms. The molecule has 0 fully saturated rings. The molecule has 1 heterocycles. The molecule has 2 aromatic rings. The Hall–Kier alpha value is -2.76. The van der Waals surface area contributed by atoms with Crippen LogP contribution in [0, 0.1) is 0 Å². The fourth-order valence-corrected chi connectivity index (χ4v) is 6.48. The SMILES string of the molecule is CCN(CC)S(=O)(=O)c1cccc(C(=O)OCC(=O)Nc2sc3c(c2C(=O)OC)CCC3)c1. The summed E-state index contributed by atoms with van der Waals surface area (Å²) in [7, 11) is -2.46. The highest BCUT2D eigenvalue weighted by atomic mass is 32.2. The summed E-state index contributed by atoms with van der Waals surface area (Å²) in [6, 6.07) is 5.50. The molecule has 0 aliphatic heterocycles. The lowest BCUT2D eigenvalue weighted by molar-refractivity contribution is -0.119. The van der Waals surface area contributed by atoms with Crippen LogP contribution < -0.4 is 5.32 Å². The summed E-state index contributed by atoms with van der Waals surface area (Å²) in [4.78, 5) is 38.0. The summed E-state index contributed by atoms with van der Waals surface area (Å²) in [5, 5.41) is 3.00. The molecule has 0 radical (unpaired) electrons. The molecule has 178 valence electrons. The average Bonchev–Trinajstić information content (AvgIpc) is 3.38. The first-order valence-corrected chi connectivity index (χ1v) is 12.8. The van der Waals surface area contributed by atoms with Crippen LogP contribution in [0.15, 0.2) is 29.2 Å². The summed E-state index contributed by atoms with van der Waals surface area (Å²) < 4.78 is 36.6. The van der Waals surface area contributed by atoms with E-state index in [0.29, 0.717) is 23.7 Å². The third-order valence-electron chi connectivity index (χ3n) is 5.31. The van der Waals surface area contributed by atoms with Gasteiger partial charge in [-0.05, 0) is 43.0 Å². The molecule has 0 unspecified atom stereocenters. The summed E-state index contributed by atoms with van der Waals surface area (Å²) in [5.41, 5.74) is 1.26. The number of nitrogens with zero attached hydrogens (tertiary/aromatic N) is 1. The number of anilines is 1. The molecule has 1 aromatic heterocycles. The maximum absolute atomic E-state index is 12.7. The van der Waals surface area contributed by atoms with E-state index in [1.165, 1.54) is 47.0 Å². The molecule has 1 aliphatic carbocycles. The van der Waals surface area contributed by atoms with E-state index in [9.17, 15) is 22.8 Å². The number of sulfonamides is 1. The number of benzene rings is 1. The highest BCUT2D eigenvalue weighted by Gasteiger charge is 2.28. The Morgan fingerprint density at radius 2 is 1.85 bits per heavy atom. The Morgan fingerprint density at radius 3 is 2.52 bits per heavy atom. The zero-order valence-electron chi connectivity index (χ0n) is 18.7. The molecule has 1 aromatic carbocycles. The summed E-state index contributed by atoms with van der Waals surface area (Å²) in [6.45, 7) is 3.47. The van der Waals surface area contributed by atoms with Crippen molar-refractivity contribution in [1.82, 2.24) is 4.31 Å². The summed E-state index contributed by atoms with van der Waals surface area (Å²) >= 11 is 1.32. The highest BCUT2D eigenvalue weighted by Crippen LogP contribution is 2.39. The summed E-state index contributed by atoms with van der Waals surface area (Å²) in [5.74, 6) is -1.96. The van der Waals surface area contributed by atoms with Crippen molar-refractivity contribution in [3.63, 3.8) is 0 Å². The Balaban J connectivity index is 1.68. The Bertz CT molecular complexity index is 1170. The van der Waals surface area contributed by atoms with Crippen molar-refractivity contribution >= 4 is 44.2 Å². The van der Waals surface area contributed by atoms with E-state index in [2.05, 4.69) is 5.32 Å². The van der Waals surface area contributed by atoms with Gasteiger partial charge in [0, 0.05) is 18.0 Å². The third kappa shape index (κ3) is 5.26. The first kappa shape index (κ1) is 24.9. The predicted molar refractivity (Wildman–Crippen MR) is 123 cm³/mol. The highest BCUT2D eigenvalue weighted by molar-refractivity contribution is 7.89. The number of carbonyl (C=O) groups excluding carboxylic acids is 3. The average molecular weight is 495 g/mol. The number of hydrogen-bond acceptors (Lipinski definition) is 8. The number of nitrogens with one attached hydrogen (secondary N) is 1. The van der Waals surface area contributed by atoms with Gasteiger partial charge in [-0.25, -0.2) is 18.0 Å². The van der Waals surface area contributed by atoms with Gasteiger partial charge in [-0.1, -0.05) is 19.9 Å². The zero-order chi connectivity index (χ0) is 24.2. The predicted octanol–water partition coefficient (Wildman–Crippen LogP) is 2.85. The number of carbonyl (C=O) groups is 3. The van der Waals surface area contributed by atoms with E-state index in [4.69, 9.17) is 9.47 Å². The maximum atomic E-state index is 12.7. The van der Waals surface area contributed by atoms with Crippen molar-refractivity contribution in [1.29, 1.82) is 0 Å². The quantitative estimate of drug-likeness (QED) is 0.533. The van der Waals surface area contributed by atoms with E-state index in [-0.39, 0.29) is 10.5 Å². The van der Waals surface area contributed by atoms with Crippen LogP contribution in [0.2, 0.25) is 0 Å². The first-order valence-electron chi connectivity index (χ1n) is 10.5. The van der Waals surface area contributed by atoms with Gasteiger partial charge in [0.25, 0.3) is 5.91 Å². The maximum Gasteiger partial charge on any atom is 0.341 e. The van der Waals surface area contributed by atoms with Gasteiger partial charge in [0.15, 0.2) is 6.61 Å². The number of esters is 2. The monoisotopic (exact) mass is 494 g/mol. The van der Waals surface area contributed by atoms with Crippen molar-refractivity contribution in [3.8, 4) is 0 Å². The Kier molecular flexibility index (Phi) is 7.88. The van der Waals surface area contributed by atoms with Crippen LogP contribution in [-0.2, 0) is 37.1 Å². The normalized spacial score (nSPS) is 13.0. The largest absolute Gasteiger partial charge is 0.465 e. The summed E-state index contributed by atoms with van der Waals surface area (Å²) in [6.07, 6.45) is 2.52. The number of fused-ring (bicyclic) bond motifs is 1. The van der Waals surface area contributed by atoms with E-state index in [1.807, 2.05) is 0 Å². The molecule has 11 heteroatoms. The lowest BCUT2D eigenvalue weighted by atomic mass is 10.1. The Labute approximate surface area is 196 Å². The fourth-order valence-electron chi connectivity index (χ4n) is 3.68. The van der Waals surface area contributed by atoms with Crippen molar-refractivity contribution in [2.24, 2.45) is 0 Å². The van der Waals surface area contributed by atoms with Gasteiger partial charge in [0.2, 0.25) is 10.0 Å². The van der Waals surface area contributed by atoms with Crippen molar-refractivity contribution in [2.75, 3.05) is 32.1 Å². The van der Waals surface area contributed by atoms with Gasteiger partial charge in [0.05, 0.1) is 23.1 Å². The lowest BCUT2D eigenvalue weighted by Crippen LogP contribution is -2.30. The van der Waals surface area contributed by atoms with Crippen LogP contribution in [0.5, 0.6) is 0 Å². The Morgan fingerprint density at radius 1 is 1.12 bits per heavy atom. The molecular weight excluding hydrogens is 468 g/mol. The number of ether oxygens (including phenoxy) is 2. The second kappa shape index (κ2) is 10.4. The molecule has 9 nitrogen and oxygen atoms in total. The van der Waals surface area contributed by atoms with E-state index in [1.54, 1.807) is 13.8 Å². The van der Waals surface area contributed by atoms with Crippen molar-refractivity contribution in [2.45, 2.75) is 38.0 Å². The van der Waals surface area contributed by atoms with Crippen LogP contribution in [0.3, 0.4) is 0 Å². The molecule has 0 saturated heterocycles. The molecule has 1 N–H and O–H groups in total. The molecule has 1 amide bonds. The van der Waals surface area contributed by atoms with Gasteiger partial charge >= 0.3 is 11.9 Å². The number of rotatable bonds is 9. The van der Waals surface area contributed by atoms with Gasteiger partial charge in [-0.3, -0.25) is 4.79 Å². The molecule has 0 atom stereocenters. The van der Waals surface area contributed by atoms with Crippen molar-refractivity contribution < 1.29 is 32.3 Å². The number of aryl methyl sites for hydroxylation is 1. The van der Waals surface area contributed by atoms with Crippen molar-refractivity contribution in [3.05, 3.63) is 45.8 Å². The molecule has 33 heavy (non-hydrogen) atoms. The standard InChI is InChI=1S/C22H26N2O7S2/c1-4-24(5-2)33(28,29)15-9-6-8-14(12-15)21(26)31-13-18(25)23-20-19(22(27)30-3)16-10-7-11-17(16)32-20/h6,8-9,12H,4-5,7,10-11,13H2,1-3H3,(H,23,25). The number of hydrogen-bond donors (Lipinski definition) is 1. The van der Waals surface area contributed by atoms with Gasteiger partial charge in [-0.2, -0.15) is 4.31 Å².